The summed E-state index contributed by atoms with van der Waals surface area (Å²) in [5.74, 6) is -0.344. The molecule has 3 aromatic carbocycles. The van der Waals surface area contributed by atoms with Crippen LogP contribution in [-0.2, 0) is 21.3 Å². The number of sulfonamides is 1. The third-order valence-electron chi connectivity index (χ3n) is 6.79. The Morgan fingerprint density at radius 3 is 2.02 bits per heavy atom. The molecule has 0 spiro atoms. The van der Waals surface area contributed by atoms with Crippen LogP contribution in [0.25, 0.3) is 0 Å². The van der Waals surface area contributed by atoms with Gasteiger partial charge in [-0.25, -0.2) is 13.2 Å². The lowest BCUT2D eigenvalue weighted by molar-refractivity contribution is 0.0601. The molecule has 4 rings (SSSR count). The van der Waals surface area contributed by atoms with Gasteiger partial charge in [0.2, 0.25) is 10.0 Å². The Balaban J connectivity index is 1.38. The third kappa shape index (κ3) is 6.44. The summed E-state index contributed by atoms with van der Waals surface area (Å²) in [6, 6.07) is 17.0. The molecular formula is C29H33N3O7S. The largest absolute Gasteiger partial charge is 0.493 e. The minimum atomic E-state index is -3.52. The van der Waals surface area contributed by atoms with Crippen molar-refractivity contribution in [3.8, 4) is 11.5 Å². The van der Waals surface area contributed by atoms with Crippen LogP contribution < -0.4 is 14.8 Å². The molecule has 212 valence electrons. The van der Waals surface area contributed by atoms with Gasteiger partial charge in [0.15, 0.2) is 11.5 Å². The first-order valence-electron chi connectivity index (χ1n) is 12.7. The number of hydrogen-bond acceptors (Lipinski definition) is 8. The zero-order chi connectivity index (χ0) is 28.9. The predicted molar refractivity (Wildman–Crippen MR) is 150 cm³/mol. The van der Waals surface area contributed by atoms with E-state index in [9.17, 15) is 18.0 Å². The molecule has 11 heteroatoms. The third-order valence-corrected chi connectivity index (χ3v) is 8.70. The highest BCUT2D eigenvalue weighted by molar-refractivity contribution is 7.89. The van der Waals surface area contributed by atoms with Gasteiger partial charge in [-0.3, -0.25) is 9.69 Å². The second-order valence-corrected chi connectivity index (χ2v) is 11.3. The number of carbonyl (C=O) groups excluding carboxylic acids is 2. The number of aryl methyl sites for hydroxylation is 1. The number of methoxy groups -OCH3 is 3. The van der Waals surface area contributed by atoms with E-state index >= 15 is 0 Å². The molecule has 40 heavy (non-hydrogen) atoms. The summed E-state index contributed by atoms with van der Waals surface area (Å²) in [6.45, 7) is 4.57. The monoisotopic (exact) mass is 567 g/mol. The van der Waals surface area contributed by atoms with Crippen LogP contribution in [-0.4, -0.2) is 77.0 Å². The smallest absolute Gasteiger partial charge is 0.340 e. The van der Waals surface area contributed by atoms with Crippen LogP contribution >= 0.6 is 0 Å². The van der Waals surface area contributed by atoms with E-state index in [4.69, 9.17) is 14.2 Å². The Hall–Kier alpha value is -3.93. The second kappa shape index (κ2) is 12.5. The maximum Gasteiger partial charge on any atom is 0.340 e. The molecule has 10 nitrogen and oxygen atoms in total. The molecule has 0 unspecified atom stereocenters. The number of hydrogen-bond donors (Lipinski definition) is 1. The molecule has 3 aromatic rings. The molecule has 1 amide bonds. The Kier molecular flexibility index (Phi) is 9.08. The van der Waals surface area contributed by atoms with Gasteiger partial charge in [-0.05, 0) is 36.8 Å². The fourth-order valence-electron chi connectivity index (χ4n) is 4.46. The zero-order valence-electron chi connectivity index (χ0n) is 23.0. The molecule has 0 bridgehead atoms. The first-order valence-corrected chi connectivity index (χ1v) is 14.1. The predicted octanol–water partition coefficient (Wildman–Crippen LogP) is 3.56. The summed E-state index contributed by atoms with van der Waals surface area (Å²) in [5, 5.41) is 2.76. The van der Waals surface area contributed by atoms with Crippen molar-refractivity contribution < 1.29 is 32.2 Å². The van der Waals surface area contributed by atoms with Crippen molar-refractivity contribution in [3.05, 3.63) is 82.9 Å². The van der Waals surface area contributed by atoms with Crippen molar-refractivity contribution in [2.45, 2.75) is 18.4 Å². The Labute approximate surface area is 234 Å². The van der Waals surface area contributed by atoms with Crippen LogP contribution in [0.1, 0.15) is 31.8 Å². The fraction of sp³-hybridized carbons (Fsp3) is 0.310. The summed E-state index contributed by atoms with van der Waals surface area (Å²) in [6.07, 6.45) is 0. The quantitative estimate of drug-likeness (QED) is 0.391. The number of amides is 1. The average Bonchev–Trinajstić information content (AvgIpc) is 2.97. The van der Waals surface area contributed by atoms with Crippen molar-refractivity contribution in [3.63, 3.8) is 0 Å². The van der Waals surface area contributed by atoms with Crippen LogP contribution in [0.3, 0.4) is 0 Å². The molecule has 1 aliphatic heterocycles. The molecular weight excluding hydrogens is 534 g/mol. The van der Waals surface area contributed by atoms with E-state index in [1.54, 1.807) is 36.4 Å². The van der Waals surface area contributed by atoms with Gasteiger partial charge in [-0.2, -0.15) is 4.31 Å². The highest BCUT2D eigenvalue weighted by Gasteiger charge is 2.28. The van der Waals surface area contributed by atoms with Crippen LogP contribution in [0.5, 0.6) is 11.5 Å². The molecule has 0 aliphatic carbocycles. The first-order chi connectivity index (χ1) is 19.2. The van der Waals surface area contributed by atoms with E-state index < -0.39 is 21.9 Å². The average molecular weight is 568 g/mol. The maximum atomic E-state index is 13.0. The number of piperazine rings is 1. The van der Waals surface area contributed by atoms with Crippen LogP contribution in [0.15, 0.2) is 65.6 Å². The van der Waals surface area contributed by atoms with Gasteiger partial charge >= 0.3 is 5.97 Å². The molecule has 0 atom stereocenters. The van der Waals surface area contributed by atoms with E-state index in [1.165, 1.54) is 37.8 Å². The molecule has 0 radical (unpaired) electrons. The van der Waals surface area contributed by atoms with E-state index in [0.717, 1.165) is 11.1 Å². The van der Waals surface area contributed by atoms with Gasteiger partial charge in [0.25, 0.3) is 5.91 Å². The molecule has 1 heterocycles. The first kappa shape index (κ1) is 29.1. The van der Waals surface area contributed by atoms with Crippen LogP contribution in [0.4, 0.5) is 5.69 Å². The summed E-state index contributed by atoms with van der Waals surface area (Å²) >= 11 is 0. The van der Waals surface area contributed by atoms with Crippen LogP contribution in [0, 0.1) is 6.92 Å². The minimum absolute atomic E-state index is 0.133. The molecule has 1 fully saturated rings. The summed E-state index contributed by atoms with van der Waals surface area (Å²) < 4.78 is 42.9. The number of ether oxygens (including phenoxy) is 3. The number of anilines is 1. The second-order valence-electron chi connectivity index (χ2n) is 9.39. The topological polar surface area (TPSA) is 114 Å². The summed E-state index contributed by atoms with van der Waals surface area (Å²) in [5.41, 5.74) is 2.78. The Morgan fingerprint density at radius 1 is 0.850 bits per heavy atom. The summed E-state index contributed by atoms with van der Waals surface area (Å²) in [7, 11) is 0.651. The molecule has 1 aliphatic rings. The van der Waals surface area contributed by atoms with Crippen molar-refractivity contribution in [2.75, 3.05) is 52.8 Å². The molecule has 1 N–H and O–H groups in total. The van der Waals surface area contributed by atoms with Gasteiger partial charge in [0.1, 0.15) is 0 Å². The number of benzene rings is 3. The molecule has 0 aromatic heterocycles. The van der Waals surface area contributed by atoms with E-state index in [2.05, 4.69) is 10.2 Å². The van der Waals surface area contributed by atoms with Gasteiger partial charge in [0, 0.05) is 50.4 Å². The molecule has 1 saturated heterocycles. The van der Waals surface area contributed by atoms with E-state index in [1.807, 2.05) is 19.1 Å². The SMILES string of the molecule is COC(=O)c1cc(OC)c(OC)cc1NC(=O)c1ccc(CN2CCN(S(=O)(=O)c3ccc(C)cc3)CC2)cc1. The maximum absolute atomic E-state index is 13.0. The Morgan fingerprint density at radius 2 is 1.45 bits per heavy atom. The molecule has 0 saturated carbocycles. The summed E-state index contributed by atoms with van der Waals surface area (Å²) in [4.78, 5) is 27.8. The van der Waals surface area contributed by atoms with Crippen molar-refractivity contribution in [1.29, 1.82) is 0 Å². The van der Waals surface area contributed by atoms with Crippen LogP contribution in [0.2, 0.25) is 0 Å². The van der Waals surface area contributed by atoms with E-state index in [0.29, 0.717) is 54.7 Å². The number of carbonyl (C=O) groups is 2. The lowest BCUT2D eigenvalue weighted by Crippen LogP contribution is -2.48. The number of nitrogens with zero attached hydrogens (tertiary/aromatic N) is 2. The van der Waals surface area contributed by atoms with Gasteiger partial charge in [-0.1, -0.05) is 29.8 Å². The van der Waals surface area contributed by atoms with Gasteiger partial charge in [0.05, 0.1) is 37.5 Å². The highest BCUT2D eigenvalue weighted by atomic mass is 32.2. The van der Waals surface area contributed by atoms with Gasteiger partial charge < -0.3 is 19.5 Å². The van der Waals surface area contributed by atoms with Crippen molar-refractivity contribution >= 4 is 27.6 Å². The van der Waals surface area contributed by atoms with E-state index in [-0.39, 0.29) is 11.3 Å². The van der Waals surface area contributed by atoms with Crippen molar-refractivity contribution in [1.82, 2.24) is 9.21 Å². The van der Waals surface area contributed by atoms with Crippen molar-refractivity contribution in [2.24, 2.45) is 0 Å². The highest BCUT2D eigenvalue weighted by Crippen LogP contribution is 2.34. The van der Waals surface area contributed by atoms with Gasteiger partial charge in [-0.15, -0.1) is 0 Å². The standard InChI is InChI=1S/C29H33N3O7S/c1-20-5-11-23(12-6-20)40(35,36)32-15-13-31(14-16-32)19-21-7-9-22(10-8-21)28(33)30-25-18-27(38-3)26(37-2)17-24(25)29(34)39-4/h5-12,17-18H,13-16,19H2,1-4H3,(H,30,33). The lowest BCUT2D eigenvalue weighted by Gasteiger charge is -2.34. The number of rotatable bonds is 9. The lowest BCUT2D eigenvalue weighted by atomic mass is 10.1. The minimum Gasteiger partial charge on any atom is -0.493 e. The number of esters is 1. The fourth-order valence-corrected chi connectivity index (χ4v) is 5.88. The number of nitrogens with one attached hydrogen (secondary N) is 1. The zero-order valence-corrected chi connectivity index (χ0v) is 23.8. The Bertz CT molecular complexity index is 1460. The normalized spacial score (nSPS) is 14.4.